The normalized spacial score (nSPS) is 54.1. The van der Waals surface area contributed by atoms with E-state index in [1.165, 1.54) is 24.8 Å². The highest BCUT2D eigenvalue weighted by Gasteiger charge is 2.71. The van der Waals surface area contributed by atoms with Crippen LogP contribution < -0.4 is 0 Å². The zero-order valence-electron chi connectivity index (χ0n) is 22.5. The van der Waals surface area contributed by atoms with Gasteiger partial charge in [0, 0.05) is 5.92 Å². The van der Waals surface area contributed by atoms with Crippen molar-refractivity contribution < 1.29 is 19.8 Å². The van der Waals surface area contributed by atoms with Crippen LogP contribution in [0, 0.1) is 50.2 Å². The predicted octanol–water partition coefficient (Wildman–Crippen LogP) is 6.41. The molecule has 0 heterocycles. The number of hydrogen-bond donors (Lipinski definition) is 2. The molecule has 4 heteroatoms. The number of carbonyl (C=O) groups excluding carboxylic acids is 1. The van der Waals surface area contributed by atoms with E-state index in [1.54, 1.807) is 6.92 Å². The van der Waals surface area contributed by atoms with E-state index < -0.39 is 22.9 Å². The molecule has 0 amide bonds. The van der Waals surface area contributed by atoms with Gasteiger partial charge in [0.25, 0.3) is 0 Å². The lowest BCUT2D eigenvalue weighted by Crippen LogP contribution is -2.67. The molecule has 5 rings (SSSR count). The van der Waals surface area contributed by atoms with Crippen molar-refractivity contribution in [2.45, 2.75) is 112 Å². The predicted molar refractivity (Wildman–Crippen MR) is 133 cm³/mol. The lowest BCUT2D eigenvalue weighted by Gasteiger charge is -2.70. The molecule has 4 fully saturated rings. The highest BCUT2D eigenvalue weighted by atomic mass is 16.4. The van der Waals surface area contributed by atoms with Crippen LogP contribution in [0.2, 0.25) is 0 Å². The maximum Gasteiger partial charge on any atom is 0.312 e. The summed E-state index contributed by atoms with van der Waals surface area (Å²) in [6.45, 7) is 16.0. The molecule has 5 aliphatic carbocycles. The first-order chi connectivity index (χ1) is 15.6. The van der Waals surface area contributed by atoms with Gasteiger partial charge in [-0.25, -0.2) is 0 Å². The second-order valence-electron chi connectivity index (χ2n) is 15.0. The number of hydrogen-bond acceptors (Lipinski definition) is 3. The lowest BCUT2D eigenvalue weighted by molar-refractivity contribution is -0.214. The Morgan fingerprint density at radius 2 is 1.56 bits per heavy atom. The van der Waals surface area contributed by atoms with Crippen molar-refractivity contribution >= 4 is 11.8 Å². The van der Waals surface area contributed by atoms with Crippen LogP contribution >= 0.6 is 0 Å². The summed E-state index contributed by atoms with van der Waals surface area (Å²) in [6.07, 6.45) is 10.00. The number of aliphatic carboxylic acids is 1. The Labute approximate surface area is 206 Å². The van der Waals surface area contributed by atoms with Crippen LogP contribution in [-0.2, 0) is 9.59 Å². The minimum Gasteiger partial charge on any atom is -0.481 e. The Morgan fingerprint density at radius 3 is 2.21 bits per heavy atom. The summed E-state index contributed by atoms with van der Waals surface area (Å²) in [5.41, 5.74) is 0.179. The number of carbonyl (C=O) groups is 2. The lowest BCUT2D eigenvalue weighted by atomic mass is 9.33. The van der Waals surface area contributed by atoms with Gasteiger partial charge in [0.15, 0.2) is 5.78 Å². The standard InChI is InChI=1S/C30H46O4/c1-25(2)12-13-26(3)14-15-28(5)18(19(26)17-25)16-20(31)23-27(4)10-9-22(32)30(7,24(33)34)21(27)8-11-29(23,28)6/h16,19,21-23,32H,8-15,17H2,1-7H3,(H,33,34)/t19-,21?,22-,23-,26-,27+,28-,29-,30?/m1/s1. The molecule has 0 aliphatic heterocycles. The Morgan fingerprint density at radius 1 is 0.912 bits per heavy atom. The third-order valence-corrected chi connectivity index (χ3v) is 12.9. The van der Waals surface area contributed by atoms with Crippen LogP contribution in [0.1, 0.15) is 106 Å². The van der Waals surface area contributed by atoms with E-state index in [1.807, 2.05) is 0 Å². The Kier molecular flexibility index (Phi) is 5.04. The average molecular weight is 471 g/mol. The maximum atomic E-state index is 14.2. The van der Waals surface area contributed by atoms with E-state index >= 15 is 0 Å². The van der Waals surface area contributed by atoms with Crippen LogP contribution in [0.15, 0.2) is 11.6 Å². The highest BCUT2D eigenvalue weighted by molar-refractivity contribution is 5.96. The first-order valence-electron chi connectivity index (χ1n) is 13.7. The molecule has 0 aromatic rings. The summed E-state index contributed by atoms with van der Waals surface area (Å²) < 4.78 is 0. The molecule has 34 heavy (non-hydrogen) atoms. The third-order valence-electron chi connectivity index (χ3n) is 12.9. The molecule has 0 aromatic carbocycles. The van der Waals surface area contributed by atoms with Gasteiger partial charge in [-0.15, -0.1) is 0 Å². The number of aliphatic hydroxyl groups is 1. The largest absolute Gasteiger partial charge is 0.481 e. The molecule has 9 atom stereocenters. The minimum absolute atomic E-state index is 0.0349. The number of carboxylic acid groups (broad SMARTS) is 1. The van der Waals surface area contributed by atoms with E-state index in [-0.39, 0.29) is 33.9 Å². The van der Waals surface area contributed by atoms with Gasteiger partial charge in [0.05, 0.1) is 11.5 Å². The first-order valence-corrected chi connectivity index (χ1v) is 13.7. The summed E-state index contributed by atoms with van der Waals surface area (Å²) in [6, 6.07) is 0. The zero-order chi connectivity index (χ0) is 25.1. The Bertz CT molecular complexity index is 965. The molecular weight excluding hydrogens is 424 g/mol. The second kappa shape index (κ2) is 6.99. The molecule has 0 saturated heterocycles. The maximum absolute atomic E-state index is 14.2. The summed E-state index contributed by atoms with van der Waals surface area (Å²) in [5, 5.41) is 21.1. The van der Waals surface area contributed by atoms with Crippen molar-refractivity contribution in [3.8, 4) is 0 Å². The van der Waals surface area contributed by atoms with Crippen LogP contribution in [0.5, 0.6) is 0 Å². The second-order valence-corrected chi connectivity index (χ2v) is 15.0. The molecule has 0 bridgehead atoms. The fraction of sp³-hybridized carbons (Fsp3) is 0.867. The van der Waals surface area contributed by atoms with Crippen LogP contribution in [0.3, 0.4) is 0 Å². The number of fused-ring (bicyclic) bond motifs is 7. The smallest absolute Gasteiger partial charge is 0.312 e. The van der Waals surface area contributed by atoms with E-state index in [2.05, 4.69) is 47.6 Å². The molecular formula is C30H46O4. The van der Waals surface area contributed by atoms with Gasteiger partial charge in [-0.05, 0) is 110 Å². The van der Waals surface area contributed by atoms with Crippen molar-refractivity contribution in [2.75, 3.05) is 0 Å². The van der Waals surface area contributed by atoms with Crippen LogP contribution in [-0.4, -0.2) is 28.1 Å². The van der Waals surface area contributed by atoms with Gasteiger partial charge in [-0.1, -0.05) is 47.1 Å². The van der Waals surface area contributed by atoms with Gasteiger partial charge in [-0.2, -0.15) is 0 Å². The molecule has 190 valence electrons. The van der Waals surface area contributed by atoms with Gasteiger partial charge in [0.2, 0.25) is 0 Å². The van der Waals surface area contributed by atoms with Crippen molar-refractivity contribution in [2.24, 2.45) is 50.2 Å². The summed E-state index contributed by atoms with van der Waals surface area (Å²) in [5.74, 6) is -0.592. The quantitative estimate of drug-likeness (QED) is 0.464. The zero-order valence-corrected chi connectivity index (χ0v) is 22.5. The SMILES string of the molecule is CC1(C)CC[C@]2(C)CC[C@]3(C)C(=CC(=O)[C@@H]4[C@@]5(C)CC[C@@H](O)C(C)(C(=O)O)C5CC[C@]43C)[C@H]2C1. The Hall–Kier alpha value is -1.16. The van der Waals surface area contributed by atoms with Gasteiger partial charge >= 0.3 is 5.97 Å². The van der Waals surface area contributed by atoms with Crippen molar-refractivity contribution in [1.29, 1.82) is 0 Å². The molecule has 2 unspecified atom stereocenters. The monoisotopic (exact) mass is 470 g/mol. The Balaban J connectivity index is 1.64. The molecule has 0 aromatic heterocycles. The van der Waals surface area contributed by atoms with Crippen molar-refractivity contribution in [3.63, 3.8) is 0 Å². The molecule has 0 radical (unpaired) electrons. The van der Waals surface area contributed by atoms with Crippen molar-refractivity contribution in [3.05, 3.63) is 11.6 Å². The van der Waals surface area contributed by atoms with E-state index in [4.69, 9.17) is 0 Å². The molecule has 0 spiro atoms. The van der Waals surface area contributed by atoms with Crippen LogP contribution in [0.25, 0.3) is 0 Å². The summed E-state index contributed by atoms with van der Waals surface area (Å²) in [4.78, 5) is 26.7. The fourth-order valence-electron chi connectivity index (χ4n) is 10.3. The van der Waals surface area contributed by atoms with Crippen molar-refractivity contribution in [1.82, 2.24) is 0 Å². The number of rotatable bonds is 1. The van der Waals surface area contributed by atoms with E-state index in [0.717, 1.165) is 32.1 Å². The van der Waals surface area contributed by atoms with Gasteiger partial charge in [0.1, 0.15) is 0 Å². The topological polar surface area (TPSA) is 74.6 Å². The number of carboxylic acids is 1. The van der Waals surface area contributed by atoms with E-state index in [0.29, 0.717) is 17.8 Å². The van der Waals surface area contributed by atoms with Gasteiger partial charge < -0.3 is 10.2 Å². The minimum atomic E-state index is -1.20. The van der Waals surface area contributed by atoms with Gasteiger partial charge in [-0.3, -0.25) is 9.59 Å². The number of aliphatic hydroxyl groups excluding tert-OH is 1. The summed E-state index contributed by atoms with van der Waals surface area (Å²) in [7, 11) is 0. The fourth-order valence-corrected chi connectivity index (χ4v) is 10.3. The summed E-state index contributed by atoms with van der Waals surface area (Å²) >= 11 is 0. The number of ketones is 1. The molecule has 2 N–H and O–H groups in total. The molecule has 5 aliphatic rings. The first kappa shape index (κ1) is 24.5. The highest BCUT2D eigenvalue weighted by Crippen LogP contribution is 2.75. The third kappa shape index (κ3) is 2.81. The van der Waals surface area contributed by atoms with Crippen LogP contribution in [0.4, 0.5) is 0 Å². The molecule has 4 saturated carbocycles. The number of allylic oxidation sites excluding steroid dienone is 2. The average Bonchev–Trinajstić information content (AvgIpc) is 2.73. The van der Waals surface area contributed by atoms with E-state index in [9.17, 15) is 19.8 Å². The molecule has 4 nitrogen and oxygen atoms in total.